The van der Waals surface area contributed by atoms with Crippen molar-refractivity contribution in [3.63, 3.8) is 0 Å². The van der Waals surface area contributed by atoms with E-state index in [9.17, 15) is 14.4 Å². The topological polar surface area (TPSA) is 78.9 Å². The molecule has 0 saturated heterocycles. The molecule has 0 aliphatic heterocycles. The van der Waals surface area contributed by atoms with Gasteiger partial charge in [0.25, 0.3) is 0 Å². The normalized spacial score (nSPS) is 13.1. The Bertz CT molecular complexity index is 1390. The predicted molar refractivity (Wildman–Crippen MR) is 274 cm³/mol. The Hall–Kier alpha value is -4.19. The fraction of sp³-hybridized carbons (Fsp3) is 0.603. The number of unbranched alkanes of at least 4 members (excludes halogenated alkanes) is 15. The van der Waals surface area contributed by atoms with Crippen LogP contribution in [0.15, 0.2) is 122 Å². The van der Waals surface area contributed by atoms with Crippen LogP contribution in [0.1, 0.15) is 207 Å². The van der Waals surface area contributed by atoms with Crippen LogP contribution >= 0.6 is 0 Å². The molecule has 0 aromatic carbocycles. The Balaban J connectivity index is 4.48. The van der Waals surface area contributed by atoms with Gasteiger partial charge >= 0.3 is 17.9 Å². The fourth-order valence-electron chi connectivity index (χ4n) is 6.45. The van der Waals surface area contributed by atoms with E-state index in [4.69, 9.17) is 14.2 Å². The van der Waals surface area contributed by atoms with E-state index < -0.39 is 6.10 Å². The quantitative estimate of drug-likeness (QED) is 0.0199. The molecule has 1 unspecified atom stereocenters. The monoisotopic (exact) mass is 885 g/mol. The van der Waals surface area contributed by atoms with Gasteiger partial charge in [0.2, 0.25) is 0 Å². The summed E-state index contributed by atoms with van der Waals surface area (Å²) in [5.74, 6) is -1.01. The number of hydrogen-bond acceptors (Lipinski definition) is 6. The highest BCUT2D eigenvalue weighted by molar-refractivity contribution is 5.71. The molecule has 0 aliphatic carbocycles. The molecule has 360 valence electrons. The van der Waals surface area contributed by atoms with E-state index in [2.05, 4.69) is 142 Å². The molecule has 0 fully saturated rings. The van der Waals surface area contributed by atoms with E-state index in [-0.39, 0.29) is 37.5 Å². The van der Waals surface area contributed by atoms with Gasteiger partial charge in [0, 0.05) is 19.3 Å². The Labute approximate surface area is 392 Å². The highest BCUT2D eigenvalue weighted by Gasteiger charge is 2.19. The van der Waals surface area contributed by atoms with Gasteiger partial charge in [0.1, 0.15) is 13.2 Å². The first-order chi connectivity index (χ1) is 31.5. The zero-order valence-electron chi connectivity index (χ0n) is 41.0. The average Bonchev–Trinajstić information content (AvgIpc) is 3.29. The number of hydrogen-bond donors (Lipinski definition) is 0. The molecular formula is C58H92O6. The smallest absolute Gasteiger partial charge is 0.306 e. The molecule has 0 bridgehead atoms. The van der Waals surface area contributed by atoms with Gasteiger partial charge in [-0.15, -0.1) is 0 Å². The molecule has 0 aromatic heterocycles. The first-order valence-electron chi connectivity index (χ1n) is 25.6. The molecular weight excluding hydrogens is 793 g/mol. The lowest BCUT2D eigenvalue weighted by Gasteiger charge is -2.18. The lowest BCUT2D eigenvalue weighted by atomic mass is 10.1. The van der Waals surface area contributed by atoms with E-state index in [1.807, 2.05) is 0 Å². The summed E-state index contributed by atoms with van der Waals surface area (Å²) >= 11 is 0. The van der Waals surface area contributed by atoms with Crippen LogP contribution < -0.4 is 0 Å². The first-order valence-corrected chi connectivity index (χ1v) is 25.6. The molecule has 0 spiro atoms. The molecule has 0 saturated carbocycles. The summed E-state index contributed by atoms with van der Waals surface area (Å²) in [6.07, 6.45) is 70.5. The highest BCUT2D eigenvalue weighted by Crippen LogP contribution is 2.12. The number of rotatable bonds is 44. The summed E-state index contributed by atoms with van der Waals surface area (Å²) in [6.45, 7) is 6.28. The van der Waals surface area contributed by atoms with Crippen molar-refractivity contribution in [2.75, 3.05) is 13.2 Å². The maximum Gasteiger partial charge on any atom is 0.306 e. The third kappa shape index (κ3) is 48.8. The van der Waals surface area contributed by atoms with Gasteiger partial charge < -0.3 is 14.2 Å². The summed E-state index contributed by atoms with van der Waals surface area (Å²) in [4.78, 5) is 37.9. The summed E-state index contributed by atoms with van der Waals surface area (Å²) in [5.41, 5.74) is 0. The van der Waals surface area contributed by atoms with E-state index >= 15 is 0 Å². The van der Waals surface area contributed by atoms with E-state index in [1.54, 1.807) is 0 Å². The summed E-state index contributed by atoms with van der Waals surface area (Å²) < 4.78 is 16.7. The van der Waals surface area contributed by atoms with Crippen molar-refractivity contribution in [2.45, 2.75) is 213 Å². The number of carbonyl (C=O) groups excluding carboxylic acids is 3. The summed E-state index contributed by atoms with van der Waals surface area (Å²) in [6, 6.07) is 0. The lowest BCUT2D eigenvalue weighted by molar-refractivity contribution is -0.167. The van der Waals surface area contributed by atoms with Crippen molar-refractivity contribution in [3.05, 3.63) is 122 Å². The zero-order chi connectivity index (χ0) is 46.5. The van der Waals surface area contributed by atoms with Gasteiger partial charge in [0.05, 0.1) is 0 Å². The molecule has 0 N–H and O–H groups in total. The molecule has 0 amide bonds. The second-order valence-electron chi connectivity index (χ2n) is 16.4. The van der Waals surface area contributed by atoms with Crippen molar-refractivity contribution in [1.29, 1.82) is 0 Å². The zero-order valence-corrected chi connectivity index (χ0v) is 41.0. The van der Waals surface area contributed by atoms with Crippen molar-refractivity contribution in [2.24, 2.45) is 0 Å². The predicted octanol–water partition coefficient (Wildman–Crippen LogP) is 16.9. The molecule has 0 heterocycles. The van der Waals surface area contributed by atoms with Crippen LogP contribution in [-0.2, 0) is 28.6 Å². The van der Waals surface area contributed by atoms with Gasteiger partial charge in [-0.1, -0.05) is 194 Å². The number of carbonyl (C=O) groups is 3. The minimum atomic E-state index is -0.818. The molecule has 64 heavy (non-hydrogen) atoms. The number of esters is 3. The van der Waals surface area contributed by atoms with Crippen LogP contribution in [-0.4, -0.2) is 37.2 Å². The van der Waals surface area contributed by atoms with Crippen molar-refractivity contribution < 1.29 is 28.6 Å². The van der Waals surface area contributed by atoms with E-state index in [0.717, 1.165) is 135 Å². The SMILES string of the molecule is CC/C=C\C/C=C\C/C=C\C/C=C\C/C=C\CCCCCC(=O)OCC(COC(=O)CCCC/C=C\C/C=C\CC)OC(=O)CCCCCCC\C=C/C=C\C=C/CCCCCCC. The van der Waals surface area contributed by atoms with Crippen molar-refractivity contribution in [1.82, 2.24) is 0 Å². The van der Waals surface area contributed by atoms with Crippen LogP contribution in [0.2, 0.25) is 0 Å². The maximum atomic E-state index is 12.8. The Morgan fingerprint density at radius 2 is 0.672 bits per heavy atom. The molecule has 0 aromatic rings. The average molecular weight is 885 g/mol. The van der Waals surface area contributed by atoms with Crippen molar-refractivity contribution in [3.8, 4) is 0 Å². The highest BCUT2D eigenvalue weighted by atomic mass is 16.6. The minimum Gasteiger partial charge on any atom is -0.462 e. The Kier molecular flexibility index (Phi) is 48.1. The van der Waals surface area contributed by atoms with Gasteiger partial charge in [0.15, 0.2) is 6.10 Å². The van der Waals surface area contributed by atoms with Crippen LogP contribution in [0.5, 0.6) is 0 Å². The largest absolute Gasteiger partial charge is 0.462 e. The van der Waals surface area contributed by atoms with Crippen molar-refractivity contribution >= 4 is 17.9 Å². The molecule has 1 atom stereocenters. The lowest BCUT2D eigenvalue weighted by Crippen LogP contribution is -2.30. The molecule has 0 rings (SSSR count). The first kappa shape index (κ1) is 59.8. The second kappa shape index (κ2) is 51.4. The van der Waals surface area contributed by atoms with E-state index in [1.165, 1.54) is 32.1 Å². The number of ether oxygens (including phenoxy) is 3. The maximum absolute atomic E-state index is 12.8. The van der Waals surface area contributed by atoms with Crippen LogP contribution in [0.4, 0.5) is 0 Å². The standard InChI is InChI=1S/C58H92O6/c1-4-7-10-13-16-19-21-23-25-27-29-31-32-34-36-39-42-45-48-51-57(60)63-54-55(53-62-56(59)50-47-44-41-38-18-15-12-9-6-3)64-58(61)52-49-46-43-40-37-35-33-30-28-26-24-22-20-17-14-11-8-5-2/h7,9-10,12,16,18-19,22-26,28-31,33-34,36,38,55H,4-6,8,11,13-15,17,20-21,27,32,35,37,39-54H2,1-3H3/b10-7-,12-9-,19-16-,24-22-,25-23-,28-26-,31-29-,33-30-,36-34-,38-18-. The van der Waals surface area contributed by atoms with Crippen LogP contribution in [0.25, 0.3) is 0 Å². The van der Waals surface area contributed by atoms with Gasteiger partial charge in [-0.2, -0.15) is 0 Å². The molecule has 6 heteroatoms. The fourth-order valence-corrected chi connectivity index (χ4v) is 6.45. The van der Waals surface area contributed by atoms with Crippen LogP contribution in [0.3, 0.4) is 0 Å². The summed E-state index contributed by atoms with van der Waals surface area (Å²) in [7, 11) is 0. The Morgan fingerprint density at radius 3 is 1.12 bits per heavy atom. The minimum absolute atomic E-state index is 0.118. The summed E-state index contributed by atoms with van der Waals surface area (Å²) in [5, 5.41) is 0. The third-order valence-corrected chi connectivity index (χ3v) is 10.2. The van der Waals surface area contributed by atoms with Gasteiger partial charge in [-0.25, -0.2) is 0 Å². The second-order valence-corrected chi connectivity index (χ2v) is 16.4. The van der Waals surface area contributed by atoms with Gasteiger partial charge in [-0.05, 0) is 116 Å². The Morgan fingerprint density at radius 1 is 0.344 bits per heavy atom. The van der Waals surface area contributed by atoms with Gasteiger partial charge in [-0.3, -0.25) is 14.4 Å². The molecule has 0 aliphatic rings. The third-order valence-electron chi connectivity index (χ3n) is 10.2. The van der Waals surface area contributed by atoms with Crippen LogP contribution in [0, 0.1) is 0 Å². The number of allylic oxidation sites excluding steroid dienone is 20. The van der Waals surface area contributed by atoms with E-state index in [0.29, 0.717) is 12.8 Å². The molecule has 6 nitrogen and oxygen atoms in total. The molecule has 0 radical (unpaired) electrons.